The number of alkyl halides is 3. The highest BCUT2D eigenvalue weighted by atomic mass is 35.5. The van der Waals surface area contributed by atoms with Gasteiger partial charge in [-0.3, -0.25) is 0 Å². The normalized spacial score (nSPS) is 22.1. The van der Waals surface area contributed by atoms with Gasteiger partial charge in [0.05, 0.1) is 10.6 Å². The lowest BCUT2D eigenvalue weighted by Crippen LogP contribution is -2.51. The zero-order chi connectivity index (χ0) is 17.4. The van der Waals surface area contributed by atoms with E-state index in [-0.39, 0.29) is 6.54 Å². The third-order valence-electron chi connectivity index (χ3n) is 3.94. The molecule has 0 aliphatic carbocycles. The second-order valence-electron chi connectivity index (χ2n) is 5.65. The Morgan fingerprint density at radius 3 is 2.57 bits per heavy atom. The number of sulfonamides is 1. The molecular formula is C14H18ClF3N2O2S. The fraction of sp³-hybridized carbons (Fsp3) is 0.571. The van der Waals surface area contributed by atoms with E-state index in [0.29, 0.717) is 12.8 Å². The van der Waals surface area contributed by atoms with E-state index in [0.717, 1.165) is 28.9 Å². The van der Waals surface area contributed by atoms with Crippen molar-refractivity contribution in [2.24, 2.45) is 5.73 Å². The molecule has 2 unspecified atom stereocenters. The Morgan fingerprint density at radius 1 is 1.35 bits per heavy atom. The van der Waals surface area contributed by atoms with Gasteiger partial charge in [0.1, 0.15) is 4.90 Å². The topological polar surface area (TPSA) is 63.4 Å². The highest BCUT2D eigenvalue weighted by Crippen LogP contribution is 2.40. The number of piperidine rings is 1. The van der Waals surface area contributed by atoms with Crippen molar-refractivity contribution in [2.75, 3.05) is 6.54 Å². The van der Waals surface area contributed by atoms with Crippen molar-refractivity contribution < 1.29 is 21.6 Å². The van der Waals surface area contributed by atoms with Gasteiger partial charge in [-0.25, -0.2) is 8.42 Å². The molecule has 0 aromatic heterocycles. The van der Waals surface area contributed by atoms with Gasteiger partial charge in [-0.05, 0) is 31.9 Å². The summed E-state index contributed by atoms with van der Waals surface area (Å²) in [7, 11) is -4.40. The van der Waals surface area contributed by atoms with E-state index >= 15 is 0 Å². The van der Waals surface area contributed by atoms with E-state index in [1.807, 2.05) is 0 Å². The average molecular weight is 371 g/mol. The van der Waals surface area contributed by atoms with Crippen molar-refractivity contribution in [1.82, 2.24) is 4.31 Å². The summed E-state index contributed by atoms with van der Waals surface area (Å²) in [6.07, 6.45) is -2.93. The van der Waals surface area contributed by atoms with Gasteiger partial charge in [-0.1, -0.05) is 24.1 Å². The summed E-state index contributed by atoms with van der Waals surface area (Å²) in [6.45, 7) is 1.78. The Kier molecular flexibility index (Phi) is 5.30. The molecule has 2 rings (SSSR count). The van der Waals surface area contributed by atoms with Crippen LogP contribution in [-0.2, 0) is 16.2 Å². The van der Waals surface area contributed by atoms with E-state index in [4.69, 9.17) is 17.3 Å². The Hall–Kier alpha value is -0.830. The van der Waals surface area contributed by atoms with Crippen molar-refractivity contribution in [2.45, 2.75) is 49.3 Å². The quantitative estimate of drug-likeness (QED) is 0.888. The smallest absolute Gasteiger partial charge is 0.326 e. The summed E-state index contributed by atoms with van der Waals surface area (Å²) in [5, 5.41) is -0.436. The van der Waals surface area contributed by atoms with Crippen LogP contribution >= 0.6 is 11.6 Å². The first kappa shape index (κ1) is 18.5. The Bertz CT molecular complexity index is 677. The molecule has 2 N–H and O–H groups in total. The molecule has 0 amide bonds. The molecule has 130 valence electrons. The zero-order valence-corrected chi connectivity index (χ0v) is 14.0. The van der Waals surface area contributed by atoms with Gasteiger partial charge in [-0.15, -0.1) is 0 Å². The van der Waals surface area contributed by atoms with Crippen LogP contribution in [-0.4, -0.2) is 31.4 Å². The van der Waals surface area contributed by atoms with E-state index in [1.54, 1.807) is 6.92 Å². The molecule has 0 saturated carbocycles. The van der Waals surface area contributed by atoms with Crippen LogP contribution in [0, 0.1) is 0 Å². The molecule has 1 aliphatic rings. The SMILES string of the molecule is CC(N)C1CCCCN1S(=O)(=O)c1c(Cl)cccc1C(F)(F)F. The van der Waals surface area contributed by atoms with Gasteiger partial charge in [0.15, 0.2) is 0 Å². The van der Waals surface area contributed by atoms with Gasteiger partial charge in [-0.2, -0.15) is 17.5 Å². The number of halogens is 4. The fourth-order valence-corrected chi connectivity index (χ4v) is 5.37. The van der Waals surface area contributed by atoms with Crippen LogP contribution in [0.3, 0.4) is 0 Å². The Balaban J connectivity index is 2.60. The van der Waals surface area contributed by atoms with Crippen LogP contribution < -0.4 is 5.73 Å². The fourth-order valence-electron chi connectivity index (χ4n) is 2.87. The Labute approximate surface area is 138 Å². The molecule has 1 aromatic carbocycles. The number of hydrogen-bond donors (Lipinski definition) is 1. The van der Waals surface area contributed by atoms with Crippen molar-refractivity contribution >= 4 is 21.6 Å². The lowest BCUT2D eigenvalue weighted by atomic mass is 10.00. The summed E-state index contributed by atoms with van der Waals surface area (Å²) >= 11 is 5.83. The molecule has 1 heterocycles. The molecule has 9 heteroatoms. The summed E-state index contributed by atoms with van der Waals surface area (Å²) in [6, 6.07) is 1.94. The predicted molar refractivity (Wildman–Crippen MR) is 81.6 cm³/mol. The van der Waals surface area contributed by atoms with Crippen LogP contribution in [0.2, 0.25) is 5.02 Å². The molecule has 0 spiro atoms. The van der Waals surface area contributed by atoms with Crippen LogP contribution in [0.25, 0.3) is 0 Å². The van der Waals surface area contributed by atoms with Crippen LogP contribution in [0.15, 0.2) is 23.1 Å². The lowest BCUT2D eigenvalue weighted by Gasteiger charge is -2.37. The molecule has 0 radical (unpaired) electrons. The molecule has 1 saturated heterocycles. The van der Waals surface area contributed by atoms with Crippen molar-refractivity contribution in [3.63, 3.8) is 0 Å². The summed E-state index contributed by atoms with van der Waals surface area (Å²) in [4.78, 5) is -0.887. The van der Waals surface area contributed by atoms with Crippen LogP contribution in [0.4, 0.5) is 13.2 Å². The van der Waals surface area contributed by atoms with Gasteiger partial charge in [0.2, 0.25) is 10.0 Å². The molecule has 1 aliphatic heterocycles. The maximum atomic E-state index is 13.2. The first-order chi connectivity index (χ1) is 10.6. The standard InChI is InChI=1S/C14H18ClF3N2O2S/c1-9(19)12-7-2-3-8-20(12)23(21,22)13-10(14(16,17)18)5-4-6-11(13)15/h4-6,9,12H,2-3,7-8,19H2,1H3. The highest BCUT2D eigenvalue weighted by Gasteiger charge is 2.43. The van der Waals surface area contributed by atoms with E-state index in [2.05, 4.69) is 0 Å². The lowest BCUT2D eigenvalue weighted by molar-refractivity contribution is -0.139. The highest BCUT2D eigenvalue weighted by molar-refractivity contribution is 7.89. The monoisotopic (exact) mass is 370 g/mol. The van der Waals surface area contributed by atoms with E-state index < -0.39 is 43.8 Å². The Morgan fingerprint density at radius 2 is 2.00 bits per heavy atom. The molecule has 2 atom stereocenters. The maximum Gasteiger partial charge on any atom is 0.417 e. The molecular weight excluding hydrogens is 353 g/mol. The molecule has 4 nitrogen and oxygen atoms in total. The summed E-state index contributed by atoms with van der Waals surface area (Å²) in [5.41, 5.74) is 4.58. The summed E-state index contributed by atoms with van der Waals surface area (Å²) in [5.74, 6) is 0. The number of rotatable bonds is 3. The van der Waals surface area contributed by atoms with Crippen LogP contribution in [0.1, 0.15) is 31.7 Å². The third-order valence-corrected chi connectivity index (χ3v) is 6.40. The van der Waals surface area contributed by atoms with E-state index in [9.17, 15) is 21.6 Å². The number of hydrogen-bond acceptors (Lipinski definition) is 3. The first-order valence-corrected chi connectivity index (χ1v) is 9.01. The molecule has 0 bridgehead atoms. The average Bonchev–Trinajstić information content (AvgIpc) is 2.45. The molecule has 23 heavy (non-hydrogen) atoms. The van der Waals surface area contributed by atoms with Crippen molar-refractivity contribution in [1.29, 1.82) is 0 Å². The largest absolute Gasteiger partial charge is 0.417 e. The van der Waals surface area contributed by atoms with Crippen molar-refractivity contribution in [3.8, 4) is 0 Å². The second-order valence-corrected chi connectivity index (χ2v) is 7.89. The maximum absolute atomic E-state index is 13.2. The minimum absolute atomic E-state index is 0.136. The minimum Gasteiger partial charge on any atom is -0.326 e. The van der Waals surface area contributed by atoms with Gasteiger partial charge < -0.3 is 5.73 Å². The van der Waals surface area contributed by atoms with Gasteiger partial charge >= 0.3 is 6.18 Å². The van der Waals surface area contributed by atoms with Crippen molar-refractivity contribution in [3.05, 3.63) is 28.8 Å². The second kappa shape index (κ2) is 6.58. The number of benzene rings is 1. The molecule has 1 aromatic rings. The van der Waals surface area contributed by atoms with Gasteiger partial charge in [0.25, 0.3) is 0 Å². The predicted octanol–water partition coefficient (Wildman–Crippen LogP) is 3.25. The molecule has 1 fully saturated rings. The van der Waals surface area contributed by atoms with Gasteiger partial charge in [0, 0.05) is 18.6 Å². The summed E-state index contributed by atoms with van der Waals surface area (Å²) < 4.78 is 66.5. The third kappa shape index (κ3) is 3.65. The first-order valence-electron chi connectivity index (χ1n) is 7.20. The number of nitrogens with zero attached hydrogens (tertiary/aromatic N) is 1. The van der Waals surface area contributed by atoms with Crippen LogP contribution in [0.5, 0.6) is 0 Å². The zero-order valence-electron chi connectivity index (χ0n) is 12.5. The number of nitrogens with two attached hydrogens (primary N) is 1. The minimum atomic E-state index is -4.81. The van der Waals surface area contributed by atoms with E-state index in [1.165, 1.54) is 0 Å².